The van der Waals surface area contributed by atoms with Gasteiger partial charge in [0, 0.05) is 30.2 Å². The van der Waals surface area contributed by atoms with Crippen molar-refractivity contribution in [3.05, 3.63) is 51.3 Å². The first-order valence-electron chi connectivity index (χ1n) is 8.65. The molecule has 8 heteroatoms. The zero-order valence-corrected chi connectivity index (χ0v) is 15.1. The van der Waals surface area contributed by atoms with E-state index < -0.39 is 64.5 Å². The number of fused-ring (bicyclic) bond motifs is 3. The molecule has 28 heavy (non-hydrogen) atoms. The second kappa shape index (κ2) is 5.70. The number of hydrogen-bond acceptors (Lipinski definition) is 8. The second-order valence-corrected chi connectivity index (χ2v) is 7.39. The van der Waals surface area contributed by atoms with Crippen molar-refractivity contribution in [1.29, 1.82) is 0 Å². The van der Waals surface area contributed by atoms with Gasteiger partial charge in [0.05, 0.1) is 22.8 Å². The summed E-state index contributed by atoms with van der Waals surface area (Å²) < 4.78 is 0. The average molecular weight is 383 g/mol. The van der Waals surface area contributed by atoms with Crippen LogP contribution in [0, 0.1) is 6.92 Å². The number of nitrogens with zero attached hydrogens (tertiary/aromatic N) is 1. The highest BCUT2D eigenvalue weighted by Crippen LogP contribution is 2.50. The lowest BCUT2D eigenvalue weighted by Crippen LogP contribution is -2.44. The van der Waals surface area contributed by atoms with Crippen molar-refractivity contribution < 1.29 is 34.8 Å². The van der Waals surface area contributed by atoms with Crippen LogP contribution in [0.15, 0.2) is 12.3 Å². The summed E-state index contributed by atoms with van der Waals surface area (Å²) in [5.74, 6) is -3.36. The molecule has 2 atom stereocenters. The van der Waals surface area contributed by atoms with Crippen molar-refractivity contribution >= 4 is 17.3 Å². The number of hydrogen-bond donors (Lipinski definition) is 4. The third-order valence-electron chi connectivity index (χ3n) is 5.52. The van der Waals surface area contributed by atoms with Gasteiger partial charge in [-0.1, -0.05) is 0 Å². The molecule has 1 aromatic carbocycles. The largest absolute Gasteiger partial charge is 0.507 e. The molecule has 0 saturated heterocycles. The van der Waals surface area contributed by atoms with Gasteiger partial charge in [-0.05, 0) is 25.5 Å². The fourth-order valence-corrected chi connectivity index (χ4v) is 4.00. The minimum absolute atomic E-state index is 0.00214. The summed E-state index contributed by atoms with van der Waals surface area (Å²) in [6, 6.07) is 1.46. The minimum Gasteiger partial charge on any atom is -0.507 e. The molecule has 2 unspecified atom stereocenters. The molecule has 1 heterocycles. The van der Waals surface area contributed by atoms with Crippen molar-refractivity contribution in [3.8, 4) is 11.5 Å². The zero-order chi connectivity index (χ0) is 20.5. The molecule has 4 rings (SSSR count). The summed E-state index contributed by atoms with van der Waals surface area (Å²) >= 11 is 0. The summed E-state index contributed by atoms with van der Waals surface area (Å²) in [4.78, 5) is 41.7. The highest BCUT2D eigenvalue weighted by Gasteiger charge is 2.47. The van der Waals surface area contributed by atoms with Gasteiger partial charge in [0.25, 0.3) is 0 Å². The number of rotatable bonds is 1. The predicted octanol–water partition coefficient (Wildman–Crippen LogP) is 0.876. The van der Waals surface area contributed by atoms with Crippen LogP contribution in [0.1, 0.15) is 68.1 Å². The normalized spacial score (nSPS) is 23.1. The van der Waals surface area contributed by atoms with Crippen LogP contribution in [0.5, 0.6) is 11.5 Å². The maximum Gasteiger partial charge on any atom is 0.216 e. The highest BCUT2D eigenvalue weighted by molar-refractivity contribution is 6.30. The number of carbonyl (C=O) groups excluding carboxylic acids is 3. The number of aliphatic hydroxyl groups is 2. The molecule has 8 nitrogen and oxygen atoms in total. The molecule has 0 saturated carbocycles. The van der Waals surface area contributed by atoms with Gasteiger partial charge in [-0.25, -0.2) is 0 Å². The summed E-state index contributed by atoms with van der Waals surface area (Å²) in [5, 5.41) is 42.5. The molecule has 0 radical (unpaired) electrons. The van der Waals surface area contributed by atoms with Crippen LogP contribution in [-0.2, 0) is 11.2 Å². The van der Waals surface area contributed by atoms with E-state index in [1.165, 1.54) is 12.3 Å². The molecule has 0 spiro atoms. The van der Waals surface area contributed by atoms with Crippen LogP contribution in [0.2, 0.25) is 0 Å². The topological polar surface area (TPSA) is 145 Å². The molecule has 0 bridgehead atoms. The molecular formula is C20H17NO7. The van der Waals surface area contributed by atoms with Gasteiger partial charge in [-0.3, -0.25) is 19.4 Å². The van der Waals surface area contributed by atoms with Gasteiger partial charge in [0.2, 0.25) is 5.78 Å². The summed E-state index contributed by atoms with van der Waals surface area (Å²) in [7, 11) is 0. The summed E-state index contributed by atoms with van der Waals surface area (Å²) in [6.07, 6.45) is -0.908. The predicted molar refractivity (Wildman–Crippen MR) is 94.5 cm³/mol. The van der Waals surface area contributed by atoms with Crippen molar-refractivity contribution in [2.75, 3.05) is 0 Å². The van der Waals surface area contributed by atoms with Crippen LogP contribution >= 0.6 is 0 Å². The monoisotopic (exact) mass is 383 g/mol. The minimum atomic E-state index is -1.96. The quantitative estimate of drug-likeness (QED) is 0.453. The molecule has 4 N–H and O–H groups in total. The fraction of sp³-hybridized carbons (Fsp3) is 0.300. The Labute approximate surface area is 159 Å². The van der Waals surface area contributed by atoms with Crippen LogP contribution < -0.4 is 0 Å². The summed E-state index contributed by atoms with van der Waals surface area (Å²) in [5.41, 5.74) is -2.62. The number of aromatic nitrogens is 1. The maximum atomic E-state index is 13.0. The van der Waals surface area contributed by atoms with Crippen molar-refractivity contribution in [3.63, 3.8) is 0 Å². The molecule has 2 aliphatic rings. The van der Waals surface area contributed by atoms with Gasteiger partial charge < -0.3 is 20.4 Å². The maximum absolute atomic E-state index is 13.0. The van der Waals surface area contributed by atoms with Gasteiger partial charge in [-0.15, -0.1) is 0 Å². The first kappa shape index (κ1) is 18.3. The van der Waals surface area contributed by atoms with Crippen molar-refractivity contribution in [2.24, 2.45) is 0 Å². The summed E-state index contributed by atoms with van der Waals surface area (Å²) in [6.45, 7) is 2.83. The third kappa shape index (κ3) is 2.25. The van der Waals surface area contributed by atoms with Crippen molar-refractivity contribution in [1.82, 2.24) is 4.98 Å². The number of phenols is 2. The van der Waals surface area contributed by atoms with Crippen molar-refractivity contribution in [2.45, 2.75) is 38.4 Å². The Kier molecular flexibility index (Phi) is 3.72. The molecule has 144 valence electrons. The average Bonchev–Trinajstić information content (AvgIpc) is 2.61. The number of aromatic hydroxyl groups is 2. The fourth-order valence-electron chi connectivity index (χ4n) is 4.00. The van der Waals surface area contributed by atoms with Crippen LogP contribution in [0.3, 0.4) is 0 Å². The number of phenolic OH excluding ortho intramolecular Hbond substituents is 2. The number of pyridine rings is 1. The van der Waals surface area contributed by atoms with Gasteiger partial charge >= 0.3 is 0 Å². The first-order valence-corrected chi connectivity index (χ1v) is 8.65. The van der Waals surface area contributed by atoms with Crippen LogP contribution in [0.4, 0.5) is 0 Å². The molecular weight excluding hydrogens is 366 g/mol. The molecule has 0 aliphatic heterocycles. The second-order valence-electron chi connectivity index (χ2n) is 7.39. The molecule has 0 fully saturated rings. The Bertz CT molecular complexity index is 1100. The third-order valence-corrected chi connectivity index (χ3v) is 5.52. The number of benzene rings is 1. The number of carbonyl (C=O) groups is 3. The SMILES string of the molecule is CC(=O)C1(O)Cc2c(O)c3c(c(O)c2C(O)C1)C(=O)c1cc(C)cnc1C3=O. The smallest absolute Gasteiger partial charge is 0.216 e. The van der Waals surface area contributed by atoms with Crippen LogP contribution in [-0.4, -0.2) is 48.4 Å². The lowest BCUT2D eigenvalue weighted by molar-refractivity contribution is -0.139. The van der Waals surface area contributed by atoms with Gasteiger partial charge in [0.15, 0.2) is 11.6 Å². The van der Waals surface area contributed by atoms with E-state index in [0.29, 0.717) is 5.56 Å². The standard InChI is InChI=1S/C20H17NO7/c1-7-3-9-15(21-6-7)19(27)14-13(16(9)24)18(26)12-10(17(14)25)4-20(28,8(2)22)5-11(12)23/h3,6,11,23,25-26,28H,4-5H2,1-2H3. The Morgan fingerprint density at radius 2 is 1.82 bits per heavy atom. The Morgan fingerprint density at radius 1 is 1.18 bits per heavy atom. The van der Waals surface area contributed by atoms with E-state index in [4.69, 9.17) is 0 Å². The lowest BCUT2D eigenvalue weighted by atomic mass is 9.72. The molecule has 0 amide bonds. The first-order chi connectivity index (χ1) is 13.1. The highest BCUT2D eigenvalue weighted by atomic mass is 16.3. The molecule has 1 aromatic heterocycles. The lowest BCUT2D eigenvalue weighted by Gasteiger charge is -2.36. The van der Waals surface area contributed by atoms with E-state index in [1.807, 2.05) is 0 Å². The van der Waals surface area contributed by atoms with Crippen LogP contribution in [0.25, 0.3) is 0 Å². The van der Waals surface area contributed by atoms with E-state index in [0.717, 1.165) is 6.92 Å². The number of ketones is 3. The van der Waals surface area contributed by atoms with Gasteiger partial charge in [0.1, 0.15) is 22.8 Å². The molecule has 2 aliphatic carbocycles. The van der Waals surface area contributed by atoms with E-state index in [1.54, 1.807) is 6.92 Å². The number of Topliss-reactive ketones (excluding diaryl/α,β-unsaturated/α-hetero) is 1. The number of aryl methyl sites for hydroxylation is 1. The Hall–Kier alpha value is -3.10. The Balaban J connectivity index is 2.03. The Morgan fingerprint density at radius 3 is 2.46 bits per heavy atom. The van der Waals surface area contributed by atoms with E-state index in [9.17, 15) is 34.8 Å². The molecule has 2 aromatic rings. The van der Waals surface area contributed by atoms with E-state index >= 15 is 0 Å². The van der Waals surface area contributed by atoms with Gasteiger partial charge in [-0.2, -0.15) is 0 Å². The number of aliphatic hydroxyl groups excluding tert-OH is 1. The zero-order valence-electron chi connectivity index (χ0n) is 15.1. The van der Waals surface area contributed by atoms with E-state index in [2.05, 4.69) is 4.98 Å². The van der Waals surface area contributed by atoms with E-state index in [-0.39, 0.29) is 22.4 Å².